The molecule has 122 valence electrons. The Morgan fingerprint density at radius 1 is 0.875 bits per heavy atom. The van der Waals surface area contributed by atoms with Crippen LogP contribution in [-0.4, -0.2) is 0 Å². The van der Waals surface area contributed by atoms with Crippen LogP contribution in [0.1, 0.15) is 43.4 Å². The molecular formula is C22H22S2. The third-order valence-electron chi connectivity index (χ3n) is 4.78. The standard InChI is InChI=1S/C22H22S2/c1-22(2,3)21-16-10-6-9-15(19-12-7-13-23-19)18(16)14-24-20-11-5-4-8-17(20)21/h4-13,21H,14H2,1-3H3. The van der Waals surface area contributed by atoms with Gasteiger partial charge in [-0.15, -0.1) is 23.1 Å². The van der Waals surface area contributed by atoms with Gasteiger partial charge in [0.2, 0.25) is 0 Å². The summed E-state index contributed by atoms with van der Waals surface area (Å²) in [6.45, 7) is 7.10. The molecule has 0 fully saturated rings. The van der Waals surface area contributed by atoms with Crippen molar-refractivity contribution in [2.45, 2.75) is 37.3 Å². The smallest absolute Gasteiger partial charge is 0.0345 e. The Morgan fingerprint density at radius 2 is 1.67 bits per heavy atom. The van der Waals surface area contributed by atoms with Crippen LogP contribution in [0.3, 0.4) is 0 Å². The zero-order valence-electron chi connectivity index (χ0n) is 14.4. The molecule has 24 heavy (non-hydrogen) atoms. The van der Waals surface area contributed by atoms with Crippen molar-refractivity contribution in [2.75, 3.05) is 0 Å². The molecule has 1 unspecified atom stereocenters. The molecule has 0 saturated carbocycles. The summed E-state index contributed by atoms with van der Waals surface area (Å²) in [5.41, 5.74) is 6.10. The Labute approximate surface area is 152 Å². The minimum atomic E-state index is 0.184. The summed E-state index contributed by atoms with van der Waals surface area (Å²) in [7, 11) is 0. The third kappa shape index (κ3) is 2.72. The van der Waals surface area contributed by atoms with Crippen LogP contribution in [0.25, 0.3) is 10.4 Å². The second-order valence-electron chi connectivity index (χ2n) is 7.48. The van der Waals surface area contributed by atoms with Gasteiger partial charge in [0, 0.05) is 21.4 Å². The molecule has 2 heterocycles. The van der Waals surface area contributed by atoms with Crippen LogP contribution in [0.2, 0.25) is 0 Å². The minimum Gasteiger partial charge on any atom is -0.144 e. The monoisotopic (exact) mass is 350 g/mol. The highest BCUT2D eigenvalue weighted by Gasteiger charge is 2.33. The van der Waals surface area contributed by atoms with E-state index in [0.717, 1.165) is 5.75 Å². The van der Waals surface area contributed by atoms with Crippen molar-refractivity contribution in [1.82, 2.24) is 0 Å². The highest BCUT2D eigenvalue weighted by atomic mass is 32.2. The fourth-order valence-electron chi connectivity index (χ4n) is 3.80. The molecule has 0 aliphatic carbocycles. The number of rotatable bonds is 1. The molecule has 0 spiro atoms. The predicted molar refractivity (Wildman–Crippen MR) is 107 cm³/mol. The third-order valence-corrected chi connectivity index (χ3v) is 6.80. The van der Waals surface area contributed by atoms with Gasteiger partial charge in [0.15, 0.2) is 0 Å². The molecule has 0 N–H and O–H groups in total. The summed E-state index contributed by atoms with van der Waals surface area (Å²) < 4.78 is 0. The fraction of sp³-hybridized carbons (Fsp3) is 0.273. The summed E-state index contributed by atoms with van der Waals surface area (Å²) >= 11 is 3.83. The largest absolute Gasteiger partial charge is 0.144 e. The quantitative estimate of drug-likeness (QED) is 0.447. The van der Waals surface area contributed by atoms with E-state index < -0.39 is 0 Å². The lowest BCUT2D eigenvalue weighted by Gasteiger charge is -2.33. The van der Waals surface area contributed by atoms with Crippen molar-refractivity contribution in [3.05, 3.63) is 76.7 Å². The highest BCUT2D eigenvalue weighted by Crippen LogP contribution is 2.50. The Kier molecular flexibility index (Phi) is 4.06. The van der Waals surface area contributed by atoms with Crippen LogP contribution in [0.15, 0.2) is 64.9 Å². The summed E-state index contributed by atoms with van der Waals surface area (Å²) in [4.78, 5) is 2.82. The fourth-order valence-corrected chi connectivity index (χ4v) is 5.73. The number of hydrogen-bond acceptors (Lipinski definition) is 2. The van der Waals surface area contributed by atoms with E-state index in [2.05, 4.69) is 80.7 Å². The first-order valence-corrected chi connectivity index (χ1v) is 10.3. The normalized spacial score (nSPS) is 17.0. The van der Waals surface area contributed by atoms with Crippen LogP contribution in [0, 0.1) is 5.41 Å². The Bertz CT molecular complexity index is 854. The zero-order valence-corrected chi connectivity index (χ0v) is 16.0. The maximum Gasteiger partial charge on any atom is 0.0345 e. The van der Waals surface area contributed by atoms with Crippen LogP contribution >= 0.6 is 23.1 Å². The molecule has 0 amide bonds. The van der Waals surface area contributed by atoms with E-state index in [-0.39, 0.29) is 5.41 Å². The second kappa shape index (κ2) is 6.09. The van der Waals surface area contributed by atoms with E-state index in [1.165, 1.54) is 32.0 Å². The molecule has 1 aromatic heterocycles. The molecule has 2 aromatic carbocycles. The SMILES string of the molecule is CC(C)(C)C1c2ccccc2SCc2c(-c3cccs3)cccc21. The molecule has 1 atom stereocenters. The molecule has 1 aliphatic rings. The van der Waals surface area contributed by atoms with E-state index in [4.69, 9.17) is 0 Å². The van der Waals surface area contributed by atoms with Crippen LogP contribution in [-0.2, 0) is 5.75 Å². The van der Waals surface area contributed by atoms with Crippen molar-refractivity contribution >= 4 is 23.1 Å². The molecule has 0 nitrogen and oxygen atoms in total. The van der Waals surface area contributed by atoms with Crippen LogP contribution in [0.4, 0.5) is 0 Å². The molecule has 4 rings (SSSR count). The Hall–Kier alpha value is -1.51. The minimum absolute atomic E-state index is 0.184. The van der Waals surface area contributed by atoms with Crippen molar-refractivity contribution in [3.8, 4) is 10.4 Å². The van der Waals surface area contributed by atoms with Gasteiger partial charge in [-0.1, -0.05) is 63.2 Å². The van der Waals surface area contributed by atoms with Crippen molar-refractivity contribution < 1.29 is 0 Å². The van der Waals surface area contributed by atoms with Crippen LogP contribution < -0.4 is 0 Å². The van der Waals surface area contributed by atoms with Gasteiger partial charge in [0.1, 0.15) is 0 Å². The van der Waals surface area contributed by atoms with Gasteiger partial charge in [-0.3, -0.25) is 0 Å². The maximum atomic E-state index is 2.37. The lowest BCUT2D eigenvalue weighted by Crippen LogP contribution is -2.20. The van der Waals surface area contributed by atoms with Gasteiger partial charge in [0.05, 0.1) is 0 Å². The van der Waals surface area contributed by atoms with Gasteiger partial charge in [0.25, 0.3) is 0 Å². The molecule has 2 heteroatoms. The van der Waals surface area contributed by atoms with Gasteiger partial charge in [-0.25, -0.2) is 0 Å². The first kappa shape index (κ1) is 16.0. The van der Waals surface area contributed by atoms with E-state index in [1.807, 2.05) is 23.1 Å². The summed E-state index contributed by atoms with van der Waals surface area (Å²) in [5.74, 6) is 1.48. The molecule has 0 saturated heterocycles. The maximum absolute atomic E-state index is 2.37. The first-order chi connectivity index (χ1) is 11.6. The Balaban J connectivity index is 1.97. The summed E-state index contributed by atoms with van der Waals surface area (Å²) in [6.07, 6.45) is 0. The van der Waals surface area contributed by atoms with Crippen molar-refractivity contribution in [1.29, 1.82) is 0 Å². The predicted octanol–water partition coefficient (Wildman–Crippen LogP) is 7.20. The molecule has 1 aliphatic heterocycles. The molecular weight excluding hydrogens is 328 g/mol. The zero-order chi connectivity index (χ0) is 16.7. The van der Waals surface area contributed by atoms with Crippen LogP contribution in [0.5, 0.6) is 0 Å². The lowest BCUT2D eigenvalue weighted by atomic mass is 9.71. The van der Waals surface area contributed by atoms with Gasteiger partial charge < -0.3 is 0 Å². The van der Waals surface area contributed by atoms with Crippen molar-refractivity contribution in [3.63, 3.8) is 0 Å². The first-order valence-electron chi connectivity index (χ1n) is 8.43. The number of hydrogen-bond donors (Lipinski definition) is 0. The molecule has 3 aromatic rings. The van der Waals surface area contributed by atoms with Gasteiger partial charge in [-0.2, -0.15) is 0 Å². The van der Waals surface area contributed by atoms with Gasteiger partial charge >= 0.3 is 0 Å². The van der Waals surface area contributed by atoms with Crippen molar-refractivity contribution in [2.24, 2.45) is 5.41 Å². The topological polar surface area (TPSA) is 0 Å². The lowest BCUT2D eigenvalue weighted by molar-refractivity contribution is 0.355. The van der Waals surface area contributed by atoms with E-state index >= 15 is 0 Å². The second-order valence-corrected chi connectivity index (χ2v) is 9.44. The molecule has 0 bridgehead atoms. The average molecular weight is 351 g/mol. The summed E-state index contributed by atoms with van der Waals surface area (Å²) in [6, 6.07) is 20.3. The summed E-state index contributed by atoms with van der Waals surface area (Å²) in [5, 5.41) is 2.18. The number of fused-ring (bicyclic) bond motifs is 2. The van der Waals surface area contributed by atoms with Gasteiger partial charge in [-0.05, 0) is 45.2 Å². The Morgan fingerprint density at radius 3 is 2.42 bits per heavy atom. The number of benzene rings is 2. The van der Waals surface area contributed by atoms with E-state index in [1.54, 1.807) is 0 Å². The number of thioether (sulfide) groups is 1. The van der Waals surface area contributed by atoms with E-state index in [0.29, 0.717) is 5.92 Å². The highest BCUT2D eigenvalue weighted by molar-refractivity contribution is 7.98. The molecule has 0 radical (unpaired) electrons. The number of thiophene rings is 1. The van der Waals surface area contributed by atoms with E-state index in [9.17, 15) is 0 Å². The average Bonchev–Trinajstić information content (AvgIpc) is 3.01.